The fraction of sp³-hybridized carbons (Fsp3) is 0.875. The van der Waals surface area contributed by atoms with Crippen molar-refractivity contribution in [1.29, 1.82) is 0 Å². The number of amides is 2. The molecule has 0 saturated carbocycles. The van der Waals surface area contributed by atoms with Crippen LogP contribution in [0.5, 0.6) is 0 Å². The second-order valence-corrected chi connectivity index (χ2v) is 3.96. The molecule has 2 amide bonds. The molecule has 0 aromatic rings. The van der Waals surface area contributed by atoms with Crippen LogP contribution in [0.1, 0.15) is 20.3 Å². The number of hydrogen-bond acceptors (Lipinski definition) is 2. The molecule has 3 nitrogen and oxygen atoms in total. The third-order valence-corrected chi connectivity index (χ3v) is 2.46. The van der Waals surface area contributed by atoms with Gasteiger partial charge in [-0.2, -0.15) is 11.8 Å². The van der Waals surface area contributed by atoms with E-state index >= 15 is 0 Å². The SMILES string of the molecule is CCCNC(=O)NCC(C)SC. The summed E-state index contributed by atoms with van der Waals surface area (Å²) in [5, 5.41) is 6.03. The minimum Gasteiger partial charge on any atom is -0.338 e. The van der Waals surface area contributed by atoms with Crippen molar-refractivity contribution < 1.29 is 4.79 Å². The number of hydrogen-bond donors (Lipinski definition) is 2. The van der Waals surface area contributed by atoms with E-state index in [2.05, 4.69) is 17.6 Å². The van der Waals surface area contributed by atoms with Gasteiger partial charge < -0.3 is 10.6 Å². The molecule has 4 heteroatoms. The Morgan fingerprint density at radius 2 is 2.17 bits per heavy atom. The van der Waals surface area contributed by atoms with Gasteiger partial charge in [0.25, 0.3) is 0 Å². The summed E-state index contributed by atoms with van der Waals surface area (Å²) >= 11 is 1.75. The van der Waals surface area contributed by atoms with Gasteiger partial charge in [0, 0.05) is 18.3 Å². The Kier molecular flexibility index (Phi) is 7.05. The lowest BCUT2D eigenvalue weighted by molar-refractivity contribution is 0.241. The highest BCUT2D eigenvalue weighted by atomic mass is 32.2. The van der Waals surface area contributed by atoms with Gasteiger partial charge >= 0.3 is 6.03 Å². The van der Waals surface area contributed by atoms with Crippen LogP contribution in [-0.4, -0.2) is 30.6 Å². The number of carbonyl (C=O) groups excluding carboxylic acids is 1. The standard InChI is InChI=1S/C8H18N2OS/c1-4-5-9-8(11)10-6-7(2)12-3/h7H,4-6H2,1-3H3,(H2,9,10,11). The Labute approximate surface area is 78.7 Å². The van der Waals surface area contributed by atoms with Crippen molar-refractivity contribution in [2.75, 3.05) is 19.3 Å². The molecule has 72 valence electrons. The second-order valence-electron chi connectivity index (χ2n) is 2.68. The Morgan fingerprint density at radius 3 is 2.67 bits per heavy atom. The molecule has 1 atom stereocenters. The smallest absolute Gasteiger partial charge is 0.314 e. The number of thioether (sulfide) groups is 1. The summed E-state index contributed by atoms with van der Waals surface area (Å²) < 4.78 is 0. The van der Waals surface area contributed by atoms with Crippen molar-refractivity contribution in [2.24, 2.45) is 0 Å². The molecular weight excluding hydrogens is 172 g/mol. The summed E-state index contributed by atoms with van der Waals surface area (Å²) in [6.07, 6.45) is 3.02. The number of carbonyl (C=O) groups is 1. The monoisotopic (exact) mass is 190 g/mol. The highest BCUT2D eigenvalue weighted by Crippen LogP contribution is 2.01. The van der Waals surface area contributed by atoms with Gasteiger partial charge in [-0.1, -0.05) is 13.8 Å². The molecule has 0 aromatic heterocycles. The predicted octanol–water partition coefficient (Wildman–Crippen LogP) is 1.45. The van der Waals surface area contributed by atoms with Crippen LogP contribution in [0.15, 0.2) is 0 Å². The molecule has 0 aromatic carbocycles. The second kappa shape index (κ2) is 7.28. The first kappa shape index (κ1) is 11.6. The molecule has 0 rings (SSSR count). The van der Waals surface area contributed by atoms with E-state index in [1.54, 1.807) is 11.8 Å². The van der Waals surface area contributed by atoms with E-state index in [9.17, 15) is 4.79 Å². The molecule has 0 radical (unpaired) electrons. The van der Waals surface area contributed by atoms with Crippen LogP contribution in [0, 0.1) is 0 Å². The molecule has 2 N–H and O–H groups in total. The van der Waals surface area contributed by atoms with E-state index in [1.165, 1.54) is 0 Å². The quantitative estimate of drug-likeness (QED) is 0.689. The summed E-state index contributed by atoms with van der Waals surface area (Å²) in [6, 6.07) is -0.0576. The van der Waals surface area contributed by atoms with E-state index in [1.807, 2.05) is 13.2 Å². The highest BCUT2D eigenvalue weighted by molar-refractivity contribution is 7.99. The molecule has 0 fully saturated rings. The molecule has 12 heavy (non-hydrogen) atoms. The molecular formula is C8H18N2OS. The maximum atomic E-state index is 11.0. The van der Waals surface area contributed by atoms with Crippen LogP contribution < -0.4 is 10.6 Å². The third kappa shape index (κ3) is 6.34. The van der Waals surface area contributed by atoms with E-state index in [-0.39, 0.29) is 6.03 Å². The van der Waals surface area contributed by atoms with Gasteiger partial charge in [0.15, 0.2) is 0 Å². The van der Waals surface area contributed by atoms with Crippen molar-refractivity contribution in [3.05, 3.63) is 0 Å². The largest absolute Gasteiger partial charge is 0.338 e. The van der Waals surface area contributed by atoms with Gasteiger partial charge in [-0.3, -0.25) is 0 Å². The fourth-order valence-electron chi connectivity index (χ4n) is 0.621. The summed E-state index contributed by atoms with van der Waals surface area (Å²) in [6.45, 7) is 5.60. The van der Waals surface area contributed by atoms with Crippen LogP contribution in [0.25, 0.3) is 0 Å². The normalized spacial score (nSPS) is 12.2. The van der Waals surface area contributed by atoms with Gasteiger partial charge in [0.05, 0.1) is 0 Å². The van der Waals surface area contributed by atoms with Gasteiger partial charge in [-0.15, -0.1) is 0 Å². The predicted molar refractivity (Wildman–Crippen MR) is 54.7 cm³/mol. The lowest BCUT2D eigenvalue weighted by atomic mass is 10.4. The minimum atomic E-state index is -0.0576. The minimum absolute atomic E-state index is 0.0576. The topological polar surface area (TPSA) is 41.1 Å². The molecule has 0 aliphatic heterocycles. The van der Waals surface area contributed by atoms with Crippen LogP contribution in [0.3, 0.4) is 0 Å². The first-order valence-corrected chi connectivity index (χ1v) is 5.54. The summed E-state index contributed by atoms with van der Waals surface area (Å²) in [5.74, 6) is 0. The van der Waals surface area contributed by atoms with Crippen LogP contribution in [-0.2, 0) is 0 Å². The van der Waals surface area contributed by atoms with E-state index in [0.29, 0.717) is 5.25 Å². The van der Waals surface area contributed by atoms with Crippen molar-refractivity contribution in [2.45, 2.75) is 25.5 Å². The van der Waals surface area contributed by atoms with Crippen molar-refractivity contribution >= 4 is 17.8 Å². The molecule has 1 unspecified atom stereocenters. The van der Waals surface area contributed by atoms with Gasteiger partial charge in [-0.25, -0.2) is 4.79 Å². The van der Waals surface area contributed by atoms with Gasteiger partial charge in [-0.05, 0) is 12.7 Å². The van der Waals surface area contributed by atoms with Crippen LogP contribution >= 0.6 is 11.8 Å². The molecule has 0 aliphatic carbocycles. The zero-order valence-corrected chi connectivity index (χ0v) is 8.83. The van der Waals surface area contributed by atoms with E-state index < -0.39 is 0 Å². The van der Waals surface area contributed by atoms with Crippen molar-refractivity contribution in [3.63, 3.8) is 0 Å². The van der Waals surface area contributed by atoms with Crippen LogP contribution in [0.4, 0.5) is 4.79 Å². The first-order chi connectivity index (χ1) is 5.70. The molecule has 0 heterocycles. The molecule has 0 bridgehead atoms. The highest BCUT2D eigenvalue weighted by Gasteiger charge is 2.01. The maximum absolute atomic E-state index is 11.0. The van der Waals surface area contributed by atoms with Crippen molar-refractivity contribution in [3.8, 4) is 0 Å². The Hall–Kier alpha value is -0.380. The zero-order valence-electron chi connectivity index (χ0n) is 8.02. The van der Waals surface area contributed by atoms with Gasteiger partial charge in [0.2, 0.25) is 0 Å². The Balaban J connectivity index is 3.31. The number of urea groups is 1. The van der Waals surface area contributed by atoms with E-state index in [4.69, 9.17) is 0 Å². The zero-order chi connectivity index (χ0) is 9.40. The molecule has 0 aliphatic rings. The average Bonchev–Trinajstić information content (AvgIpc) is 2.10. The Bertz CT molecular complexity index is 130. The summed E-state index contributed by atoms with van der Waals surface area (Å²) in [4.78, 5) is 11.0. The third-order valence-electron chi connectivity index (χ3n) is 1.49. The van der Waals surface area contributed by atoms with E-state index in [0.717, 1.165) is 19.5 Å². The van der Waals surface area contributed by atoms with Crippen LogP contribution in [0.2, 0.25) is 0 Å². The molecule has 0 saturated heterocycles. The lowest BCUT2D eigenvalue weighted by Gasteiger charge is -2.10. The Morgan fingerprint density at radius 1 is 1.50 bits per heavy atom. The summed E-state index contributed by atoms with van der Waals surface area (Å²) in [5.41, 5.74) is 0. The fourth-order valence-corrected chi connectivity index (χ4v) is 0.871. The molecule has 0 spiro atoms. The number of nitrogens with one attached hydrogen (secondary N) is 2. The summed E-state index contributed by atoms with van der Waals surface area (Å²) in [7, 11) is 0. The average molecular weight is 190 g/mol. The maximum Gasteiger partial charge on any atom is 0.314 e. The van der Waals surface area contributed by atoms with Crippen molar-refractivity contribution in [1.82, 2.24) is 10.6 Å². The first-order valence-electron chi connectivity index (χ1n) is 4.25. The lowest BCUT2D eigenvalue weighted by Crippen LogP contribution is -2.38. The van der Waals surface area contributed by atoms with Gasteiger partial charge in [0.1, 0.15) is 0 Å². The number of rotatable bonds is 5.